The number of unbranched alkanes of at least 4 members (excludes halogenated alkanes) is 13. The van der Waals surface area contributed by atoms with E-state index in [1.54, 1.807) is 7.11 Å². The van der Waals surface area contributed by atoms with Crippen LogP contribution in [0.2, 0.25) is 0 Å². The molecule has 0 aliphatic carbocycles. The first-order chi connectivity index (χ1) is 14.3. The van der Waals surface area contributed by atoms with E-state index in [1.807, 2.05) is 5.94 Å². The minimum Gasteiger partial charge on any atom is 0 e. The van der Waals surface area contributed by atoms with Crippen molar-refractivity contribution < 1.29 is 45.5 Å². The second-order valence-corrected chi connectivity index (χ2v) is 6.08. The second kappa shape index (κ2) is 56.5. The molecule has 0 spiro atoms. The third-order valence-corrected chi connectivity index (χ3v) is 4.12. The largest absolute Gasteiger partial charge is 0 e. The average Bonchev–Trinajstić information content (AvgIpc) is 2.82. The SMILES string of the molecule is CCCCCCCCCCCCCCCCC(=C=O)OC.[C-]#[O+].[C-]#[O+].[C-]#[O+].[C-]#[O+].[Cr]. The molecule has 0 fully saturated rings. The Bertz CT molecular complexity index is 385. The van der Waals surface area contributed by atoms with E-state index in [2.05, 4.69) is 33.5 Å². The van der Waals surface area contributed by atoms with E-state index in [0.717, 1.165) is 12.8 Å². The number of hydrogen-bond acceptors (Lipinski definition) is 2. The number of hydrogen-bond donors (Lipinski definition) is 0. The van der Waals surface area contributed by atoms with Crippen molar-refractivity contribution in [3.63, 3.8) is 0 Å². The summed E-state index contributed by atoms with van der Waals surface area (Å²) in [5, 5.41) is 0. The topological polar surface area (TPSA) is 106 Å². The van der Waals surface area contributed by atoms with Gasteiger partial charge in [-0.05, 0) is 6.42 Å². The summed E-state index contributed by atoms with van der Waals surface area (Å²) in [5.41, 5.74) is 0. The zero-order valence-electron chi connectivity index (χ0n) is 18.5. The Hall–Kier alpha value is -1.26. The zero-order valence-corrected chi connectivity index (χ0v) is 19.7. The van der Waals surface area contributed by atoms with Gasteiger partial charge >= 0.3 is 45.2 Å². The Morgan fingerprint density at radius 2 is 0.900 bits per heavy atom. The number of allylic oxidation sites excluding steroid dienone is 1. The third-order valence-electron chi connectivity index (χ3n) is 4.12. The molecule has 0 atom stereocenters. The van der Waals surface area contributed by atoms with Gasteiger partial charge in [0, 0.05) is 23.8 Å². The first-order valence-corrected chi connectivity index (χ1v) is 9.94. The van der Waals surface area contributed by atoms with Crippen molar-refractivity contribution in [3.8, 4) is 0 Å². The summed E-state index contributed by atoms with van der Waals surface area (Å²) in [6.45, 7) is 20.3. The van der Waals surface area contributed by atoms with Crippen LogP contribution < -0.4 is 0 Å². The van der Waals surface area contributed by atoms with Crippen LogP contribution in [0.3, 0.4) is 0 Å². The van der Waals surface area contributed by atoms with E-state index in [9.17, 15) is 4.79 Å². The predicted octanol–water partition coefficient (Wildman–Crippen LogP) is 6.07. The van der Waals surface area contributed by atoms with Gasteiger partial charge in [-0.2, -0.15) is 0 Å². The summed E-state index contributed by atoms with van der Waals surface area (Å²) in [7, 11) is 1.55. The Morgan fingerprint density at radius 3 is 1.13 bits per heavy atom. The molecule has 0 unspecified atom stereocenters. The van der Waals surface area contributed by atoms with Crippen molar-refractivity contribution in [3.05, 3.63) is 32.4 Å². The summed E-state index contributed by atoms with van der Waals surface area (Å²) in [5.74, 6) is 2.31. The van der Waals surface area contributed by atoms with Gasteiger partial charge in [0.15, 0.2) is 11.7 Å². The number of ether oxygens (including phenoxy) is 1. The van der Waals surface area contributed by atoms with Gasteiger partial charge in [-0.3, -0.25) is 0 Å². The molecule has 170 valence electrons. The fourth-order valence-electron chi connectivity index (χ4n) is 2.67. The first-order valence-electron chi connectivity index (χ1n) is 9.94. The van der Waals surface area contributed by atoms with Crippen LogP contribution in [-0.4, -0.2) is 13.1 Å². The van der Waals surface area contributed by atoms with Crippen LogP contribution in [0.4, 0.5) is 0 Å². The fraction of sp³-hybridized carbons (Fsp3) is 0.739. The molecule has 0 radical (unpaired) electrons. The summed E-state index contributed by atoms with van der Waals surface area (Å²) >= 11 is 0. The smallest absolute Gasteiger partial charge is 0 e. The average molecular weight is 461 g/mol. The van der Waals surface area contributed by atoms with Gasteiger partial charge in [-0.25, -0.2) is 4.79 Å². The van der Waals surface area contributed by atoms with Crippen molar-refractivity contribution in [1.29, 1.82) is 0 Å². The minimum absolute atomic E-state index is 0. The monoisotopic (exact) mass is 460 g/mol. The van der Waals surface area contributed by atoms with E-state index in [1.165, 1.54) is 83.5 Å². The molecule has 0 amide bonds. The van der Waals surface area contributed by atoms with Gasteiger partial charge in [-0.1, -0.05) is 90.4 Å². The molecule has 0 rings (SSSR count). The molecule has 0 saturated heterocycles. The zero-order chi connectivity index (χ0) is 23.6. The van der Waals surface area contributed by atoms with Crippen molar-refractivity contribution in [2.75, 3.05) is 7.11 Å². The Balaban J connectivity index is -0.000000142. The third kappa shape index (κ3) is 50.4. The number of carbonyl (C=O) groups excluding carboxylic acids is 1. The maximum absolute atomic E-state index is 10.4. The van der Waals surface area contributed by atoms with Crippen molar-refractivity contribution in [2.24, 2.45) is 0 Å². The van der Waals surface area contributed by atoms with E-state index in [-0.39, 0.29) is 17.4 Å². The normalized spacial score (nSPS) is 7.53. The molecule has 0 aromatic heterocycles. The van der Waals surface area contributed by atoms with Gasteiger partial charge in [-0.15, -0.1) is 0 Å². The summed E-state index contributed by atoms with van der Waals surface area (Å²) in [4.78, 5) is 10.4. The molecule has 0 bridgehead atoms. The van der Waals surface area contributed by atoms with Gasteiger partial charge in [0.2, 0.25) is 0 Å². The molecular formula is C23H36CrO6. The van der Waals surface area contributed by atoms with Gasteiger partial charge in [0.1, 0.15) is 0 Å². The van der Waals surface area contributed by atoms with E-state index >= 15 is 0 Å². The molecule has 7 heteroatoms. The van der Waals surface area contributed by atoms with Crippen LogP contribution in [0.5, 0.6) is 0 Å². The quantitative estimate of drug-likeness (QED) is 0.0917. The van der Waals surface area contributed by atoms with Crippen LogP contribution >= 0.6 is 0 Å². The number of rotatable bonds is 16. The molecule has 0 aliphatic rings. The van der Waals surface area contributed by atoms with Crippen LogP contribution in [0.1, 0.15) is 103 Å². The van der Waals surface area contributed by atoms with Crippen molar-refractivity contribution >= 4 is 5.94 Å². The Labute approximate surface area is 194 Å². The molecule has 0 aliphatic heterocycles. The van der Waals surface area contributed by atoms with Gasteiger partial charge in [0.05, 0.1) is 7.11 Å². The maximum Gasteiger partial charge on any atom is 0 e. The standard InChI is InChI=1S/C19H36O2.4CO.Cr/c1-3-4-5-6-7-8-9-10-11-12-13-14-15-16-17-19(18-20)21-2;4*1-2;/h3-17H2,1-2H3;;;;;. The fourth-order valence-corrected chi connectivity index (χ4v) is 2.67. The predicted molar refractivity (Wildman–Crippen MR) is 107 cm³/mol. The summed E-state index contributed by atoms with van der Waals surface area (Å²) < 4.78 is 34.9. The minimum atomic E-state index is 0. The molecule has 0 N–H and O–H groups in total. The Kier molecular flexibility index (Phi) is 80.5. The molecule has 0 saturated carbocycles. The molecule has 0 aromatic carbocycles. The van der Waals surface area contributed by atoms with Gasteiger partial charge in [0.25, 0.3) is 0 Å². The molecule has 0 aromatic rings. The van der Waals surface area contributed by atoms with Crippen molar-refractivity contribution in [2.45, 2.75) is 103 Å². The van der Waals surface area contributed by atoms with Crippen LogP contribution in [0.25, 0.3) is 0 Å². The molecule has 6 nitrogen and oxygen atoms in total. The summed E-state index contributed by atoms with van der Waals surface area (Å²) in [6, 6.07) is 0. The molecule has 30 heavy (non-hydrogen) atoms. The Morgan fingerprint density at radius 1 is 0.633 bits per heavy atom. The summed E-state index contributed by atoms with van der Waals surface area (Å²) in [6.07, 6.45) is 19.7. The van der Waals surface area contributed by atoms with E-state index in [4.69, 9.17) is 23.3 Å². The van der Waals surface area contributed by atoms with Crippen molar-refractivity contribution in [1.82, 2.24) is 0 Å². The van der Waals surface area contributed by atoms with Crippen LogP contribution in [0.15, 0.2) is 5.76 Å². The second-order valence-electron chi connectivity index (χ2n) is 6.08. The molecular weight excluding hydrogens is 424 g/mol. The first kappa shape index (κ1) is 42.8. The maximum atomic E-state index is 10.4. The van der Waals surface area contributed by atoms with Gasteiger partial charge < -0.3 is 4.74 Å². The molecule has 0 heterocycles. The van der Waals surface area contributed by atoms with Crippen LogP contribution in [0, 0.1) is 26.6 Å². The van der Waals surface area contributed by atoms with Crippen LogP contribution in [-0.2, 0) is 45.5 Å². The number of methoxy groups -OCH3 is 1. The van der Waals surface area contributed by atoms with E-state index < -0.39 is 0 Å². The van der Waals surface area contributed by atoms with E-state index in [0.29, 0.717) is 5.76 Å².